The first kappa shape index (κ1) is 16.7. The Hall–Kier alpha value is -1.31. The highest BCUT2D eigenvalue weighted by atomic mass is 32.2. The predicted octanol–water partition coefficient (Wildman–Crippen LogP) is 1.38. The molecule has 0 aromatic heterocycles. The quantitative estimate of drug-likeness (QED) is 0.788. The summed E-state index contributed by atoms with van der Waals surface area (Å²) in [7, 11) is -0.345. The molecule has 0 heterocycles. The van der Waals surface area contributed by atoms with E-state index in [4.69, 9.17) is 9.47 Å². The first-order valence-corrected chi connectivity index (χ1v) is 7.88. The average molecular weight is 302 g/mol. The van der Waals surface area contributed by atoms with Crippen LogP contribution in [0.25, 0.3) is 0 Å². The van der Waals surface area contributed by atoms with E-state index < -0.39 is 10.2 Å². The highest BCUT2D eigenvalue weighted by Crippen LogP contribution is 2.27. The van der Waals surface area contributed by atoms with Gasteiger partial charge in [-0.05, 0) is 17.7 Å². The summed E-state index contributed by atoms with van der Waals surface area (Å²) in [6.07, 6.45) is 0. The predicted molar refractivity (Wildman–Crippen MR) is 78.2 cm³/mol. The van der Waals surface area contributed by atoms with E-state index in [1.54, 1.807) is 46.3 Å². The van der Waals surface area contributed by atoms with Crippen LogP contribution in [-0.4, -0.2) is 40.0 Å². The standard InChI is InChI=1S/C13H22N2O4S/c1-5-15(6-2)20(16,17)14-10-11-7-8-12(18-3)13(9-11)19-4/h7-9,14H,5-6,10H2,1-4H3. The number of ether oxygens (including phenoxy) is 2. The lowest BCUT2D eigenvalue weighted by Crippen LogP contribution is -2.40. The fourth-order valence-corrected chi connectivity index (χ4v) is 3.03. The molecule has 114 valence electrons. The van der Waals surface area contributed by atoms with Crippen molar-refractivity contribution in [1.29, 1.82) is 0 Å². The minimum Gasteiger partial charge on any atom is -0.493 e. The van der Waals surface area contributed by atoms with E-state index in [0.717, 1.165) is 5.56 Å². The largest absolute Gasteiger partial charge is 0.493 e. The SMILES string of the molecule is CCN(CC)S(=O)(=O)NCc1ccc(OC)c(OC)c1. The summed E-state index contributed by atoms with van der Waals surface area (Å²) in [5, 5.41) is 0. The Labute approximate surface area is 120 Å². The van der Waals surface area contributed by atoms with E-state index in [2.05, 4.69) is 4.72 Å². The van der Waals surface area contributed by atoms with Crippen molar-refractivity contribution in [2.24, 2.45) is 0 Å². The number of benzene rings is 1. The Balaban J connectivity index is 2.80. The van der Waals surface area contributed by atoms with Crippen LogP contribution >= 0.6 is 0 Å². The van der Waals surface area contributed by atoms with Crippen molar-refractivity contribution in [3.63, 3.8) is 0 Å². The monoisotopic (exact) mass is 302 g/mol. The van der Waals surface area contributed by atoms with Crippen molar-refractivity contribution >= 4 is 10.2 Å². The van der Waals surface area contributed by atoms with Gasteiger partial charge < -0.3 is 9.47 Å². The van der Waals surface area contributed by atoms with Gasteiger partial charge in [-0.3, -0.25) is 0 Å². The number of rotatable bonds is 8. The molecule has 1 rings (SSSR count). The zero-order chi connectivity index (χ0) is 15.2. The van der Waals surface area contributed by atoms with E-state index in [9.17, 15) is 8.42 Å². The normalized spacial score (nSPS) is 11.7. The van der Waals surface area contributed by atoms with Crippen molar-refractivity contribution in [1.82, 2.24) is 9.03 Å². The molecule has 1 N–H and O–H groups in total. The van der Waals surface area contributed by atoms with Crippen LogP contribution < -0.4 is 14.2 Å². The maximum absolute atomic E-state index is 12.0. The van der Waals surface area contributed by atoms with E-state index >= 15 is 0 Å². The minimum absolute atomic E-state index is 0.208. The van der Waals surface area contributed by atoms with Gasteiger partial charge in [-0.15, -0.1) is 0 Å². The molecule has 0 aliphatic rings. The van der Waals surface area contributed by atoms with Gasteiger partial charge in [0, 0.05) is 19.6 Å². The molecular weight excluding hydrogens is 280 g/mol. The third-order valence-corrected chi connectivity index (χ3v) is 4.66. The van der Waals surface area contributed by atoms with Crippen LogP contribution in [0.1, 0.15) is 19.4 Å². The molecule has 1 aromatic carbocycles. The summed E-state index contributed by atoms with van der Waals surface area (Å²) < 4.78 is 38.3. The fourth-order valence-electron chi connectivity index (χ4n) is 1.82. The minimum atomic E-state index is -3.44. The Morgan fingerprint density at radius 1 is 1.10 bits per heavy atom. The van der Waals surface area contributed by atoms with Gasteiger partial charge in [-0.25, -0.2) is 0 Å². The second-order valence-corrected chi connectivity index (χ2v) is 5.85. The highest BCUT2D eigenvalue weighted by Gasteiger charge is 2.17. The summed E-state index contributed by atoms with van der Waals surface area (Å²) >= 11 is 0. The van der Waals surface area contributed by atoms with Crippen LogP contribution in [0.5, 0.6) is 11.5 Å². The number of methoxy groups -OCH3 is 2. The molecule has 7 heteroatoms. The van der Waals surface area contributed by atoms with Crippen molar-refractivity contribution in [2.45, 2.75) is 20.4 Å². The summed E-state index contributed by atoms with van der Waals surface area (Å²) in [6.45, 7) is 4.70. The third-order valence-electron chi connectivity index (χ3n) is 2.95. The Bertz CT molecular complexity index is 527. The molecule has 0 saturated carbocycles. The molecule has 1 aromatic rings. The fraction of sp³-hybridized carbons (Fsp3) is 0.538. The van der Waals surface area contributed by atoms with Crippen LogP contribution in [0.4, 0.5) is 0 Å². The van der Waals surface area contributed by atoms with E-state index in [1.165, 1.54) is 4.31 Å². The van der Waals surface area contributed by atoms with Crippen molar-refractivity contribution in [2.75, 3.05) is 27.3 Å². The molecule has 0 spiro atoms. The van der Waals surface area contributed by atoms with Crippen LogP contribution in [0.3, 0.4) is 0 Å². The first-order chi connectivity index (χ1) is 9.48. The van der Waals surface area contributed by atoms with Gasteiger partial charge in [0.1, 0.15) is 0 Å². The van der Waals surface area contributed by atoms with Gasteiger partial charge in [-0.2, -0.15) is 17.4 Å². The van der Waals surface area contributed by atoms with Gasteiger partial charge in [0.25, 0.3) is 10.2 Å². The van der Waals surface area contributed by atoms with Crippen LogP contribution in [0, 0.1) is 0 Å². The van der Waals surface area contributed by atoms with Crippen molar-refractivity contribution in [3.8, 4) is 11.5 Å². The zero-order valence-electron chi connectivity index (χ0n) is 12.3. The topological polar surface area (TPSA) is 67.9 Å². The Morgan fingerprint density at radius 3 is 2.20 bits per heavy atom. The molecule has 0 fully saturated rings. The summed E-state index contributed by atoms with van der Waals surface area (Å²) in [4.78, 5) is 0. The summed E-state index contributed by atoms with van der Waals surface area (Å²) in [5.74, 6) is 1.19. The zero-order valence-corrected chi connectivity index (χ0v) is 13.2. The molecule has 0 aliphatic carbocycles. The summed E-state index contributed by atoms with van der Waals surface area (Å²) in [6, 6.07) is 5.30. The number of hydrogen-bond donors (Lipinski definition) is 1. The van der Waals surface area contributed by atoms with Gasteiger partial charge in [0.2, 0.25) is 0 Å². The van der Waals surface area contributed by atoms with E-state index in [1.807, 2.05) is 0 Å². The second kappa shape index (κ2) is 7.47. The van der Waals surface area contributed by atoms with Crippen LogP contribution in [0.15, 0.2) is 18.2 Å². The maximum atomic E-state index is 12.0. The van der Waals surface area contributed by atoms with Gasteiger partial charge >= 0.3 is 0 Å². The molecule has 0 bridgehead atoms. The third kappa shape index (κ3) is 4.09. The Morgan fingerprint density at radius 2 is 1.70 bits per heavy atom. The van der Waals surface area contributed by atoms with Gasteiger partial charge in [0.15, 0.2) is 11.5 Å². The molecule has 0 amide bonds. The smallest absolute Gasteiger partial charge is 0.279 e. The molecule has 0 aliphatic heterocycles. The molecule has 0 unspecified atom stereocenters. The summed E-state index contributed by atoms with van der Waals surface area (Å²) in [5.41, 5.74) is 0.804. The van der Waals surface area contributed by atoms with Gasteiger partial charge in [0.05, 0.1) is 14.2 Å². The number of nitrogens with zero attached hydrogens (tertiary/aromatic N) is 1. The lowest BCUT2D eigenvalue weighted by Gasteiger charge is -2.19. The lowest BCUT2D eigenvalue weighted by molar-refractivity contribution is 0.354. The van der Waals surface area contributed by atoms with E-state index in [-0.39, 0.29) is 6.54 Å². The van der Waals surface area contributed by atoms with E-state index in [0.29, 0.717) is 24.6 Å². The second-order valence-electron chi connectivity index (χ2n) is 4.10. The number of hydrogen-bond acceptors (Lipinski definition) is 4. The van der Waals surface area contributed by atoms with Gasteiger partial charge in [-0.1, -0.05) is 19.9 Å². The molecular formula is C13H22N2O4S. The molecule has 0 saturated heterocycles. The molecule has 20 heavy (non-hydrogen) atoms. The van der Waals surface area contributed by atoms with Crippen molar-refractivity contribution in [3.05, 3.63) is 23.8 Å². The molecule has 6 nitrogen and oxygen atoms in total. The first-order valence-electron chi connectivity index (χ1n) is 6.44. The maximum Gasteiger partial charge on any atom is 0.279 e. The average Bonchev–Trinajstić information content (AvgIpc) is 2.45. The van der Waals surface area contributed by atoms with Crippen LogP contribution in [0.2, 0.25) is 0 Å². The van der Waals surface area contributed by atoms with Crippen molar-refractivity contribution < 1.29 is 17.9 Å². The molecule has 0 radical (unpaired) electrons. The van der Waals surface area contributed by atoms with Crippen LogP contribution in [-0.2, 0) is 16.8 Å². The highest BCUT2D eigenvalue weighted by molar-refractivity contribution is 7.87. The lowest BCUT2D eigenvalue weighted by atomic mass is 10.2. The number of nitrogens with one attached hydrogen (secondary N) is 1. The Kier molecular flexibility index (Phi) is 6.25. The molecule has 0 atom stereocenters.